The van der Waals surface area contributed by atoms with Crippen molar-refractivity contribution < 1.29 is 9.34 Å². The van der Waals surface area contributed by atoms with Gasteiger partial charge < -0.3 is 4.42 Å². The van der Waals surface area contributed by atoms with Crippen molar-refractivity contribution in [3.63, 3.8) is 0 Å². The third kappa shape index (κ3) is 2.48. The van der Waals surface area contributed by atoms with Crippen LogP contribution in [0.4, 0.5) is 5.69 Å². The zero-order valence-corrected chi connectivity index (χ0v) is 10.3. The second-order valence-corrected chi connectivity index (χ2v) is 4.08. The fourth-order valence-electron chi connectivity index (χ4n) is 1.49. The molecule has 6 nitrogen and oxygen atoms in total. The van der Waals surface area contributed by atoms with Gasteiger partial charge in [0.1, 0.15) is 0 Å². The van der Waals surface area contributed by atoms with Gasteiger partial charge in [-0.25, -0.2) is 0 Å². The Labute approximate surface area is 108 Å². The Bertz CT molecular complexity index is 583. The molecule has 1 aromatic carbocycles. The van der Waals surface area contributed by atoms with Crippen LogP contribution in [0.25, 0.3) is 11.5 Å². The number of rotatable bonds is 4. The van der Waals surface area contributed by atoms with Crippen molar-refractivity contribution in [3.8, 4) is 11.5 Å². The normalized spacial score (nSPS) is 10.6. The topological polar surface area (TPSA) is 82.1 Å². The van der Waals surface area contributed by atoms with Crippen LogP contribution in [0, 0.1) is 17.0 Å². The van der Waals surface area contributed by atoms with E-state index in [9.17, 15) is 10.1 Å². The van der Waals surface area contributed by atoms with Crippen LogP contribution >= 0.6 is 11.6 Å². The smallest absolute Gasteiger partial charge is 0.273 e. The summed E-state index contributed by atoms with van der Waals surface area (Å²) < 4.78 is 5.36. The molecule has 0 atom stereocenters. The molecule has 0 unspecified atom stereocenters. The van der Waals surface area contributed by atoms with E-state index in [0.29, 0.717) is 29.3 Å². The highest BCUT2D eigenvalue weighted by Gasteiger charge is 2.15. The number of halogens is 1. The van der Waals surface area contributed by atoms with Gasteiger partial charge in [-0.15, -0.1) is 21.8 Å². The lowest BCUT2D eigenvalue weighted by molar-refractivity contribution is -0.385. The molecule has 18 heavy (non-hydrogen) atoms. The van der Waals surface area contributed by atoms with E-state index in [2.05, 4.69) is 10.2 Å². The molecule has 2 rings (SSSR count). The van der Waals surface area contributed by atoms with Crippen molar-refractivity contribution in [2.24, 2.45) is 0 Å². The molecule has 0 aliphatic carbocycles. The van der Waals surface area contributed by atoms with Crippen molar-refractivity contribution >= 4 is 17.3 Å². The van der Waals surface area contributed by atoms with Crippen LogP contribution in [-0.2, 0) is 6.42 Å². The van der Waals surface area contributed by atoms with E-state index in [0.717, 1.165) is 0 Å². The number of nitrogens with zero attached hydrogens (tertiary/aromatic N) is 3. The zero-order valence-electron chi connectivity index (χ0n) is 9.59. The molecule has 0 radical (unpaired) electrons. The van der Waals surface area contributed by atoms with Crippen LogP contribution in [0.5, 0.6) is 0 Å². The molecule has 1 heterocycles. The lowest BCUT2D eigenvalue weighted by Crippen LogP contribution is -1.92. The van der Waals surface area contributed by atoms with E-state index in [4.69, 9.17) is 16.0 Å². The monoisotopic (exact) mass is 267 g/mol. The molecule has 0 bridgehead atoms. The number of benzene rings is 1. The number of aromatic nitrogens is 2. The van der Waals surface area contributed by atoms with Gasteiger partial charge in [0.05, 0.1) is 4.92 Å². The third-order valence-corrected chi connectivity index (χ3v) is 2.62. The minimum absolute atomic E-state index is 0.0320. The Morgan fingerprint density at radius 2 is 2.22 bits per heavy atom. The number of nitro groups is 1. The minimum atomic E-state index is -0.436. The number of alkyl halides is 1. The highest BCUT2D eigenvalue weighted by Crippen LogP contribution is 2.25. The summed E-state index contributed by atoms with van der Waals surface area (Å²) in [7, 11) is 0. The second-order valence-electron chi connectivity index (χ2n) is 3.70. The highest BCUT2D eigenvalue weighted by molar-refractivity contribution is 6.17. The fraction of sp³-hybridized carbons (Fsp3) is 0.273. The van der Waals surface area contributed by atoms with Crippen LogP contribution < -0.4 is 0 Å². The molecule has 0 aliphatic heterocycles. The van der Waals surface area contributed by atoms with E-state index in [1.807, 2.05) is 0 Å². The van der Waals surface area contributed by atoms with E-state index >= 15 is 0 Å². The lowest BCUT2D eigenvalue weighted by atomic mass is 10.1. The molecule has 7 heteroatoms. The molecule has 0 saturated heterocycles. The first-order valence-electron chi connectivity index (χ1n) is 5.25. The number of hydrogen-bond donors (Lipinski definition) is 0. The maximum Gasteiger partial charge on any atom is 0.273 e. The van der Waals surface area contributed by atoms with Gasteiger partial charge in [0.2, 0.25) is 11.8 Å². The molecular formula is C11H10ClN3O3. The average molecular weight is 268 g/mol. The van der Waals surface area contributed by atoms with E-state index in [-0.39, 0.29) is 11.6 Å². The molecule has 0 aliphatic rings. The fourth-order valence-corrected chi connectivity index (χ4v) is 1.65. The van der Waals surface area contributed by atoms with Gasteiger partial charge in [-0.3, -0.25) is 10.1 Å². The van der Waals surface area contributed by atoms with Gasteiger partial charge in [-0.05, 0) is 13.0 Å². The Balaban J connectivity index is 2.38. The Hall–Kier alpha value is -1.95. The maximum atomic E-state index is 10.8. The van der Waals surface area contributed by atoms with E-state index in [1.54, 1.807) is 19.1 Å². The third-order valence-electron chi connectivity index (χ3n) is 2.43. The maximum absolute atomic E-state index is 10.8. The quantitative estimate of drug-likeness (QED) is 0.483. The van der Waals surface area contributed by atoms with Gasteiger partial charge >= 0.3 is 0 Å². The van der Waals surface area contributed by atoms with Crippen LogP contribution in [0.15, 0.2) is 22.6 Å². The van der Waals surface area contributed by atoms with Crippen molar-refractivity contribution in [2.75, 3.05) is 5.88 Å². The van der Waals surface area contributed by atoms with E-state index in [1.165, 1.54) is 6.07 Å². The van der Waals surface area contributed by atoms with Crippen LogP contribution in [-0.4, -0.2) is 21.0 Å². The van der Waals surface area contributed by atoms with Crippen LogP contribution in [0.1, 0.15) is 11.5 Å². The van der Waals surface area contributed by atoms with Gasteiger partial charge in [0.15, 0.2) is 0 Å². The molecule has 0 saturated carbocycles. The summed E-state index contributed by atoms with van der Waals surface area (Å²) in [6, 6.07) is 4.78. The summed E-state index contributed by atoms with van der Waals surface area (Å²) in [5.41, 5.74) is 1.15. The van der Waals surface area contributed by atoms with Gasteiger partial charge in [-0.1, -0.05) is 6.07 Å². The Kier molecular flexibility index (Phi) is 3.57. The predicted molar refractivity (Wildman–Crippen MR) is 65.5 cm³/mol. The first kappa shape index (κ1) is 12.5. The molecule has 94 valence electrons. The number of aryl methyl sites for hydroxylation is 2. The summed E-state index contributed by atoms with van der Waals surface area (Å²) in [6.07, 6.45) is 0.475. The SMILES string of the molecule is Cc1ccc(-c2nnc(CCCl)o2)cc1[N+](=O)[O-]. The van der Waals surface area contributed by atoms with Crippen molar-refractivity contribution in [2.45, 2.75) is 13.3 Å². The van der Waals surface area contributed by atoms with Crippen LogP contribution in [0.2, 0.25) is 0 Å². The molecule has 1 aromatic heterocycles. The summed E-state index contributed by atoms with van der Waals surface area (Å²) in [5.74, 6) is 1.07. The second kappa shape index (κ2) is 5.14. The summed E-state index contributed by atoms with van der Waals surface area (Å²) >= 11 is 5.56. The van der Waals surface area contributed by atoms with Crippen LogP contribution in [0.3, 0.4) is 0 Å². The standard InChI is InChI=1S/C11H10ClN3O3/c1-7-2-3-8(6-9(7)15(16)17)11-14-13-10(18-11)4-5-12/h2-3,6H,4-5H2,1H3. The highest BCUT2D eigenvalue weighted by atomic mass is 35.5. The summed E-state index contributed by atoms with van der Waals surface area (Å²) in [5, 5.41) is 18.5. The van der Waals surface area contributed by atoms with Gasteiger partial charge in [0, 0.05) is 29.5 Å². The number of hydrogen-bond acceptors (Lipinski definition) is 5. The lowest BCUT2D eigenvalue weighted by Gasteiger charge is -1.98. The molecule has 0 N–H and O–H groups in total. The average Bonchev–Trinajstić information content (AvgIpc) is 2.78. The van der Waals surface area contributed by atoms with Crippen molar-refractivity contribution in [1.29, 1.82) is 0 Å². The first-order valence-corrected chi connectivity index (χ1v) is 5.79. The zero-order chi connectivity index (χ0) is 13.1. The minimum Gasteiger partial charge on any atom is -0.421 e. The molecular weight excluding hydrogens is 258 g/mol. The molecule has 0 spiro atoms. The Morgan fingerprint density at radius 1 is 1.44 bits per heavy atom. The Morgan fingerprint density at radius 3 is 2.89 bits per heavy atom. The largest absolute Gasteiger partial charge is 0.421 e. The predicted octanol–water partition coefficient (Wildman–Crippen LogP) is 2.73. The molecule has 0 fully saturated rings. The number of nitro benzene ring substituents is 1. The summed E-state index contributed by atoms with van der Waals surface area (Å²) in [4.78, 5) is 10.4. The van der Waals surface area contributed by atoms with Gasteiger partial charge in [0.25, 0.3) is 5.69 Å². The van der Waals surface area contributed by atoms with Crippen molar-refractivity contribution in [3.05, 3.63) is 39.8 Å². The van der Waals surface area contributed by atoms with Crippen molar-refractivity contribution in [1.82, 2.24) is 10.2 Å². The molecule has 0 amide bonds. The molecule has 2 aromatic rings. The summed E-state index contributed by atoms with van der Waals surface area (Å²) in [6.45, 7) is 1.68. The van der Waals surface area contributed by atoms with Gasteiger partial charge in [-0.2, -0.15) is 0 Å². The van der Waals surface area contributed by atoms with E-state index < -0.39 is 4.92 Å². The first-order chi connectivity index (χ1) is 8.61.